The predicted octanol–water partition coefficient (Wildman–Crippen LogP) is 7.45. The lowest BCUT2D eigenvalue weighted by Gasteiger charge is -2.23. The van der Waals surface area contributed by atoms with E-state index in [1.165, 1.54) is 0 Å². The second-order valence-electron chi connectivity index (χ2n) is 6.95. The fourth-order valence-corrected chi connectivity index (χ4v) is 2.86. The number of hydrogen-bond donors (Lipinski definition) is 2. The van der Waals surface area contributed by atoms with Crippen LogP contribution in [0.4, 0.5) is 68.5 Å². The first kappa shape index (κ1) is 27.5. The minimum atomic E-state index is -6.09. The van der Waals surface area contributed by atoms with E-state index in [9.17, 15) is 57.1 Å². The van der Waals surface area contributed by atoms with Crippen LogP contribution in [0.1, 0.15) is 11.1 Å². The number of hydrogen-bond acceptors (Lipinski definition) is 4. The molecule has 0 spiro atoms. The van der Waals surface area contributed by atoms with Crippen LogP contribution in [0.25, 0.3) is 0 Å². The van der Waals surface area contributed by atoms with Crippen LogP contribution < -0.4 is 20.9 Å². The average molecular weight is 554 g/mol. The Morgan fingerprint density at radius 2 is 0.919 bits per heavy atom. The SMILES string of the molecule is Nc1cc(Oc2c(F)cc(C(F)(F)F)c(Oc3cc(N)c(F)c(F)c3F)c2C(F)(F)F)c(F)c(F)c1F. The second kappa shape index (κ2) is 9.11. The molecule has 4 nitrogen and oxygen atoms in total. The number of alkyl halides is 6. The Labute approximate surface area is 195 Å². The van der Waals surface area contributed by atoms with Gasteiger partial charge in [-0.25, -0.2) is 22.0 Å². The molecule has 4 N–H and O–H groups in total. The summed E-state index contributed by atoms with van der Waals surface area (Å²) in [5.74, 6) is -24.5. The zero-order valence-electron chi connectivity index (χ0n) is 17.1. The maximum absolute atomic E-state index is 14.5. The van der Waals surface area contributed by atoms with Gasteiger partial charge >= 0.3 is 12.4 Å². The van der Waals surface area contributed by atoms with Gasteiger partial charge in [-0.1, -0.05) is 0 Å². The van der Waals surface area contributed by atoms with Crippen molar-refractivity contribution in [3.63, 3.8) is 0 Å². The number of rotatable bonds is 4. The highest BCUT2D eigenvalue weighted by molar-refractivity contribution is 5.58. The number of anilines is 2. The molecule has 0 radical (unpaired) electrons. The highest BCUT2D eigenvalue weighted by Gasteiger charge is 2.47. The van der Waals surface area contributed by atoms with Crippen LogP contribution in [0, 0.1) is 40.7 Å². The van der Waals surface area contributed by atoms with Crippen molar-refractivity contribution in [1.82, 2.24) is 0 Å². The van der Waals surface area contributed by atoms with Crippen molar-refractivity contribution < 1.29 is 66.5 Å². The Morgan fingerprint density at radius 1 is 0.514 bits per heavy atom. The van der Waals surface area contributed by atoms with Gasteiger partial charge in [0.05, 0.1) is 11.4 Å². The van der Waals surface area contributed by atoms with Gasteiger partial charge in [-0.2, -0.15) is 35.1 Å². The first-order valence-electron chi connectivity index (χ1n) is 9.08. The van der Waals surface area contributed by atoms with Gasteiger partial charge in [-0.05, 0) is 6.07 Å². The van der Waals surface area contributed by atoms with Crippen LogP contribution in [0.15, 0.2) is 18.2 Å². The Morgan fingerprint density at radius 3 is 1.30 bits per heavy atom. The molecule has 0 amide bonds. The summed E-state index contributed by atoms with van der Waals surface area (Å²) in [5, 5.41) is 0. The molecule has 0 fully saturated rings. The highest BCUT2D eigenvalue weighted by Crippen LogP contribution is 2.52. The maximum atomic E-state index is 14.5. The fourth-order valence-electron chi connectivity index (χ4n) is 2.86. The van der Waals surface area contributed by atoms with Crippen LogP contribution >= 0.6 is 0 Å². The topological polar surface area (TPSA) is 70.5 Å². The Balaban J connectivity index is 2.39. The van der Waals surface area contributed by atoms with E-state index in [2.05, 4.69) is 9.47 Å². The minimum Gasteiger partial charge on any atom is -0.453 e. The summed E-state index contributed by atoms with van der Waals surface area (Å²) >= 11 is 0. The highest BCUT2D eigenvalue weighted by atomic mass is 19.4. The Hall–Kier alpha value is -4.05. The summed E-state index contributed by atoms with van der Waals surface area (Å²) < 4.78 is 188. The van der Waals surface area contributed by atoms with E-state index in [1.807, 2.05) is 0 Å². The molecule has 0 unspecified atom stereocenters. The Kier molecular flexibility index (Phi) is 6.78. The van der Waals surface area contributed by atoms with E-state index >= 15 is 0 Å². The standard InChI is InChI=1S/C20H7F13N2O2/c21-5-1-4(19(28,29)30)17(36-8-2-6(34)11(22)15(26)13(8)24)10(20(31,32)33)18(5)37-9-3-7(35)12(23)16(27)14(9)25/h1-3H,34-35H2. The molecule has 200 valence electrons. The number of benzene rings is 3. The van der Waals surface area contributed by atoms with Gasteiger partial charge in [0.25, 0.3) is 0 Å². The van der Waals surface area contributed by atoms with Crippen LogP contribution in [0.5, 0.6) is 23.0 Å². The number of halogens is 13. The molecule has 0 aromatic heterocycles. The molecule has 0 aliphatic rings. The van der Waals surface area contributed by atoms with Crippen molar-refractivity contribution in [3.05, 3.63) is 70.0 Å². The van der Waals surface area contributed by atoms with E-state index in [1.54, 1.807) is 0 Å². The molecule has 0 aliphatic carbocycles. The lowest BCUT2D eigenvalue weighted by Crippen LogP contribution is -2.17. The van der Waals surface area contributed by atoms with E-state index in [0.29, 0.717) is 0 Å². The van der Waals surface area contributed by atoms with E-state index in [0.717, 1.165) is 0 Å². The second-order valence-corrected chi connectivity index (χ2v) is 6.95. The van der Waals surface area contributed by atoms with Gasteiger partial charge in [0.1, 0.15) is 11.1 Å². The van der Waals surface area contributed by atoms with E-state index in [4.69, 9.17) is 11.5 Å². The number of ether oxygens (including phenoxy) is 2. The predicted molar refractivity (Wildman–Crippen MR) is 98.0 cm³/mol. The third-order valence-corrected chi connectivity index (χ3v) is 4.48. The normalized spacial score (nSPS) is 12.1. The van der Waals surface area contributed by atoms with Crippen molar-refractivity contribution >= 4 is 11.4 Å². The summed E-state index contributed by atoms with van der Waals surface area (Å²) in [6.45, 7) is 0. The molecule has 0 saturated heterocycles. The molecule has 3 aromatic rings. The van der Waals surface area contributed by atoms with Gasteiger partial charge in [-0.3, -0.25) is 0 Å². The summed E-state index contributed by atoms with van der Waals surface area (Å²) in [5.41, 5.74) is 2.03. The van der Waals surface area contributed by atoms with Gasteiger partial charge < -0.3 is 20.9 Å². The quantitative estimate of drug-likeness (QED) is 0.200. The minimum absolute atomic E-state index is 0.0202. The molecule has 0 atom stereocenters. The van der Waals surface area contributed by atoms with Gasteiger partial charge in [0.2, 0.25) is 11.6 Å². The third kappa shape index (κ3) is 4.97. The molecule has 0 aliphatic heterocycles. The van der Waals surface area contributed by atoms with Gasteiger partial charge in [0, 0.05) is 12.1 Å². The van der Waals surface area contributed by atoms with Crippen molar-refractivity contribution in [3.8, 4) is 23.0 Å². The molecular formula is C20H7F13N2O2. The van der Waals surface area contributed by atoms with Gasteiger partial charge in [0.15, 0.2) is 52.1 Å². The monoisotopic (exact) mass is 554 g/mol. The van der Waals surface area contributed by atoms with Crippen molar-refractivity contribution in [1.29, 1.82) is 0 Å². The summed E-state index contributed by atoms with van der Waals surface area (Å²) in [4.78, 5) is 0. The molecule has 37 heavy (non-hydrogen) atoms. The number of nitrogens with two attached hydrogens (primary N) is 2. The van der Waals surface area contributed by atoms with Crippen molar-refractivity contribution in [2.45, 2.75) is 12.4 Å². The van der Waals surface area contributed by atoms with Crippen LogP contribution in [0.3, 0.4) is 0 Å². The fraction of sp³-hybridized carbons (Fsp3) is 0.100. The molecule has 3 aromatic carbocycles. The summed E-state index contributed by atoms with van der Waals surface area (Å²) in [6, 6.07) is -0.642. The molecule has 0 bridgehead atoms. The average Bonchev–Trinajstić information content (AvgIpc) is 2.78. The Bertz CT molecular complexity index is 1400. The molecule has 0 heterocycles. The number of nitrogen functional groups attached to an aromatic ring is 2. The van der Waals surface area contributed by atoms with Crippen molar-refractivity contribution in [2.24, 2.45) is 0 Å². The zero-order valence-corrected chi connectivity index (χ0v) is 17.1. The third-order valence-electron chi connectivity index (χ3n) is 4.48. The lowest BCUT2D eigenvalue weighted by molar-refractivity contribution is -0.146. The van der Waals surface area contributed by atoms with Crippen LogP contribution in [-0.4, -0.2) is 0 Å². The first-order valence-corrected chi connectivity index (χ1v) is 9.08. The van der Waals surface area contributed by atoms with Crippen LogP contribution in [0.2, 0.25) is 0 Å². The summed E-state index contributed by atoms with van der Waals surface area (Å²) in [7, 11) is 0. The smallest absolute Gasteiger partial charge is 0.423 e. The molecule has 3 rings (SSSR count). The van der Waals surface area contributed by atoms with Crippen molar-refractivity contribution in [2.75, 3.05) is 11.5 Å². The van der Waals surface area contributed by atoms with Crippen LogP contribution in [-0.2, 0) is 12.4 Å². The first-order chi connectivity index (χ1) is 16.9. The largest absolute Gasteiger partial charge is 0.453 e. The molecular weight excluding hydrogens is 547 g/mol. The lowest BCUT2D eigenvalue weighted by atomic mass is 10.0. The van der Waals surface area contributed by atoms with E-state index in [-0.39, 0.29) is 12.1 Å². The molecule has 0 saturated carbocycles. The van der Waals surface area contributed by atoms with E-state index < -0.39 is 105 Å². The summed E-state index contributed by atoms with van der Waals surface area (Å²) in [6.07, 6.45) is -12.0. The van der Waals surface area contributed by atoms with Gasteiger partial charge in [-0.15, -0.1) is 0 Å². The molecule has 17 heteroatoms. The zero-order chi connectivity index (χ0) is 28.2. The maximum Gasteiger partial charge on any atom is 0.423 e.